The maximum absolute atomic E-state index is 12.6. The predicted octanol–water partition coefficient (Wildman–Crippen LogP) is 3.23. The van der Waals surface area contributed by atoms with E-state index >= 15 is 0 Å². The number of nitrogens with one attached hydrogen (secondary N) is 1. The van der Waals surface area contributed by atoms with Crippen molar-refractivity contribution in [1.82, 2.24) is 20.4 Å². The van der Waals surface area contributed by atoms with E-state index in [0.29, 0.717) is 41.7 Å². The van der Waals surface area contributed by atoms with E-state index in [1.54, 1.807) is 18.2 Å². The van der Waals surface area contributed by atoms with E-state index in [9.17, 15) is 10.1 Å². The Labute approximate surface area is 210 Å². The third-order valence-corrected chi connectivity index (χ3v) is 6.29. The molecule has 2 aromatic carbocycles. The van der Waals surface area contributed by atoms with Crippen molar-refractivity contribution in [1.29, 1.82) is 5.26 Å². The molecule has 0 unspecified atom stereocenters. The molecule has 188 valence electrons. The van der Waals surface area contributed by atoms with Crippen molar-refractivity contribution < 1.29 is 19.2 Å². The molecule has 1 amide bonds. The molecule has 9 nitrogen and oxygen atoms in total. The average molecular weight is 490 g/mol. The van der Waals surface area contributed by atoms with Crippen LogP contribution in [0.3, 0.4) is 0 Å². The van der Waals surface area contributed by atoms with Crippen molar-refractivity contribution in [3.05, 3.63) is 52.6 Å². The third kappa shape index (κ3) is 5.40. The number of nitriles is 1. The minimum Gasteiger partial charge on any atom is -0.490 e. The lowest BCUT2D eigenvalue weighted by Gasteiger charge is -2.30. The van der Waals surface area contributed by atoms with Gasteiger partial charge in [-0.25, -0.2) is 0 Å². The van der Waals surface area contributed by atoms with Crippen LogP contribution in [0.4, 0.5) is 0 Å². The number of ether oxygens (including phenoxy) is 1. The molecule has 0 aliphatic carbocycles. The van der Waals surface area contributed by atoms with Crippen LogP contribution in [0.15, 0.2) is 34.9 Å². The summed E-state index contributed by atoms with van der Waals surface area (Å²) in [6, 6.07) is 11.3. The maximum atomic E-state index is 12.6. The topological polar surface area (TPSA) is 125 Å². The lowest BCUT2D eigenvalue weighted by molar-refractivity contribution is -0.131. The highest BCUT2D eigenvalue weighted by molar-refractivity contribution is 5.79. The Kier molecular flexibility index (Phi) is 7.67. The standard InChI is InChI=1S/C27H31N5O4/c1-16(2)35-24-8-6-19(11-21(24)12-28)27-30-26(31-36-27)23-7-5-20-14-32(10-9-22(20)18(23)4)25(34)13-29-17(3)15-33/h5-8,11,16-17,29,33H,9-10,13-15H2,1-4H3/t17-/m1/s1. The number of aliphatic hydroxyl groups is 1. The Balaban J connectivity index is 1.53. The molecule has 1 atom stereocenters. The quantitative estimate of drug-likeness (QED) is 0.494. The monoisotopic (exact) mass is 489 g/mol. The van der Waals surface area contributed by atoms with E-state index in [-0.39, 0.29) is 31.2 Å². The molecule has 0 radical (unpaired) electrons. The van der Waals surface area contributed by atoms with Crippen LogP contribution in [-0.4, -0.2) is 57.9 Å². The molecule has 2 heterocycles. The highest BCUT2D eigenvalue weighted by Crippen LogP contribution is 2.32. The van der Waals surface area contributed by atoms with Crippen LogP contribution < -0.4 is 10.1 Å². The first kappa shape index (κ1) is 25.4. The number of fused-ring (bicyclic) bond motifs is 1. The molecular weight excluding hydrogens is 458 g/mol. The van der Waals surface area contributed by atoms with Gasteiger partial charge in [-0.1, -0.05) is 17.3 Å². The number of rotatable bonds is 8. The highest BCUT2D eigenvalue weighted by Gasteiger charge is 2.24. The van der Waals surface area contributed by atoms with Crippen LogP contribution in [-0.2, 0) is 17.8 Å². The van der Waals surface area contributed by atoms with Gasteiger partial charge in [-0.3, -0.25) is 4.79 Å². The molecule has 4 rings (SSSR count). The average Bonchev–Trinajstić information content (AvgIpc) is 3.37. The SMILES string of the molecule is Cc1c(-c2noc(-c3ccc(OC(C)C)c(C#N)c3)n2)ccc2c1CCN(C(=O)CN[C@H](C)CO)C2. The first-order chi connectivity index (χ1) is 17.3. The summed E-state index contributed by atoms with van der Waals surface area (Å²) in [5, 5.41) is 25.9. The van der Waals surface area contributed by atoms with Gasteiger partial charge in [0.05, 0.1) is 24.8 Å². The summed E-state index contributed by atoms with van der Waals surface area (Å²) < 4.78 is 11.2. The molecule has 9 heteroatoms. The molecule has 0 saturated heterocycles. The van der Waals surface area contributed by atoms with Crippen molar-refractivity contribution in [3.63, 3.8) is 0 Å². The van der Waals surface area contributed by atoms with Crippen molar-refractivity contribution >= 4 is 5.91 Å². The van der Waals surface area contributed by atoms with Gasteiger partial charge in [0.25, 0.3) is 5.89 Å². The number of aliphatic hydroxyl groups excluding tert-OH is 1. The van der Waals surface area contributed by atoms with Crippen molar-refractivity contribution in [2.24, 2.45) is 0 Å². The highest BCUT2D eigenvalue weighted by atomic mass is 16.5. The zero-order valence-corrected chi connectivity index (χ0v) is 21.0. The van der Waals surface area contributed by atoms with Crippen LogP contribution >= 0.6 is 0 Å². The summed E-state index contributed by atoms with van der Waals surface area (Å²) in [6.45, 7) is 9.07. The second-order valence-electron chi connectivity index (χ2n) is 9.32. The fraction of sp³-hybridized carbons (Fsp3) is 0.407. The van der Waals surface area contributed by atoms with Crippen LogP contribution in [0, 0.1) is 18.3 Å². The number of hydrogen-bond donors (Lipinski definition) is 2. The molecule has 1 aliphatic heterocycles. The lowest BCUT2D eigenvalue weighted by atomic mass is 9.91. The van der Waals surface area contributed by atoms with E-state index in [1.807, 2.05) is 44.7 Å². The van der Waals surface area contributed by atoms with E-state index in [1.165, 1.54) is 5.56 Å². The van der Waals surface area contributed by atoms with E-state index < -0.39 is 0 Å². The Bertz CT molecular complexity index is 1290. The predicted molar refractivity (Wildman–Crippen MR) is 134 cm³/mol. The Morgan fingerprint density at radius 3 is 2.83 bits per heavy atom. The van der Waals surface area contributed by atoms with Gasteiger partial charge in [0, 0.05) is 30.3 Å². The summed E-state index contributed by atoms with van der Waals surface area (Å²) in [5.41, 5.74) is 5.30. The third-order valence-electron chi connectivity index (χ3n) is 6.29. The number of carbonyl (C=O) groups is 1. The molecule has 2 N–H and O–H groups in total. The summed E-state index contributed by atoms with van der Waals surface area (Å²) >= 11 is 0. The normalized spacial score (nSPS) is 13.9. The van der Waals surface area contributed by atoms with E-state index in [2.05, 4.69) is 21.5 Å². The van der Waals surface area contributed by atoms with Crippen molar-refractivity contribution in [2.45, 2.75) is 52.8 Å². The van der Waals surface area contributed by atoms with Crippen LogP contribution in [0.2, 0.25) is 0 Å². The minimum absolute atomic E-state index is 0.00672. The molecule has 1 aromatic heterocycles. The Hall–Kier alpha value is -3.74. The number of amides is 1. The van der Waals surface area contributed by atoms with Crippen molar-refractivity contribution in [2.75, 3.05) is 19.7 Å². The number of carbonyl (C=O) groups excluding carboxylic acids is 1. The van der Waals surface area contributed by atoms with Gasteiger partial charge in [-0.15, -0.1) is 0 Å². The molecule has 0 fully saturated rings. The van der Waals surface area contributed by atoms with Gasteiger partial charge in [0.15, 0.2) is 0 Å². The van der Waals surface area contributed by atoms with Crippen LogP contribution in [0.5, 0.6) is 5.75 Å². The zero-order chi connectivity index (χ0) is 25.8. The summed E-state index contributed by atoms with van der Waals surface area (Å²) in [7, 11) is 0. The Morgan fingerprint density at radius 1 is 1.31 bits per heavy atom. The van der Waals surface area contributed by atoms with Gasteiger partial charge in [0.2, 0.25) is 11.7 Å². The second kappa shape index (κ2) is 10.9. The summed E-state index contributed by atoms with van der Waals surface area (Å²) in [6.07, 6.45) is 0.700. The van der Waals surface area contributed by atoms with E-state index in [4.69, 9.17) is 14.4 Å². The number of benzene rings is 2. The van der Waals surface area contributed by atoms with Gasteiger partial charge >= 0.3 is 0 Å². The van der Waals surface area contributed by atoms with Crippen molar-refractivity contribution in [3.8, 4) is 34.7 Å². The smallest absolute Gasteiger partial charge is 0.258 e. The molecular formula is C27H31N5O4. The fourth-order valence-corrected chi connectivity index (χ4v) is 4.29. The van der Waals surface area contributed by atoms with Gasteiger partial charge in [-0.2, -0.15) is 10.2 Å². The van der Waals surface area contributed by atoms with Crippen LogP contribution in [0.1, 0.15) is 43.0 Å². The lowest BCUT2D eigenvalue weighted by Crippen LogP contribution is -2.44. The summed E-state index contributed by atoms with van der Waals surface area (Å²) in [5.74, 6) is 1.35. The van der Waals surface area contributed by atoms with Gasteiger partial charge in [0.1, 0.15) is 11.8 Å². The van der Waals surface area contributed by atoms with E-state index in [0.717, 1.165) is 23.1 Å². The summed E-state index contributed by atoms with van der Waals surface area (Å²) in [4.78, 5) is 19.0. The van der Waals surface area contributed by atoms with Gasteiger partial charge < -0.3 is 24.6 Å². The number of hydrogen-bond acceptors (Lipinski definition) is 8. The first-order valence-electron chi connectivity index (χ1n) is 12.1. The second-order valence-corrected chi connectivity index (χ2v) is 9.32. The fourth-order valence-electron chi connectivity index (χ4n) is 4.29. The van der Waals surface area contributed by atoms with Crippen LogP contribution in [0.25, 0.3) is 22.8 Å². The largest absolute Gasteiger partial charge is 0.490 e. The molecule has 36 heavy (non-hydrogen) atoms. The molecule has 0 bridgehead atoms. The molecule has 1 aliphatic rings. The molecule has 0 saturated carbocycles. The molecule has 0 spiro atoms. The molecule has 3 aromatic rings. The zero-order valence-electron chi connectivity index (χ0n) is 21.0. The Morgan fingerprint density at radius 2 is 2.11 bits per heavy atom. The first-order valence-corrected chi connectivity index (χ1v) is 12.1. The maximum Gasteiger partial charge on any atom is 0.258 e. The minimum atomic E-state index is -0.117. The van der Waals surface area contributed by atoms with Gasteiger partial charge in [-0.05, 0) is 69.0 Å². The number of aromatic nitrogens is 2. The number of nitrogens with zero attached hydrogens (tertiary/aromatic N) is 4.